The molecular weight excluding hydrogens is 258 g/mol. The summed E-state index contributed by atoms with van der Waals surface area (Å²) in [6, 6.07) is 0. The Kier molecular flexibility index (Phi) is 13.6. The van der Waals surface area contributed by atoms with Gasteiger partial charge in [-0.2, -0.15) is 0 Å². The second-order valence-electron chi connectivity index (χ2n) is 3.13. The van der Waals surface area contributed by atoms with E-state index in [9.17, 15) is 4.79 Å². The van der Waals surface area contributed by atoms with E-state index in [1.807, 2.05) is 0 Å². The molecule has 0 heterocycles. The lowest BCUT2D eigenvalue weighted by Crippen LogP contribution is -2.11. The van der Waals surface area contributed by atoms with Gasteiger partial charge in [-0.25, -0.2) is 0 Å². The molecule has 18 heavy (non-hydrogen) atoms. The second-order valence-corrected chi connectivity index (χ2v) is 4.40. The highest BCUT2D eigenvalue weighted by molar-refractivity contribution is 8.13. The van der Waals surface area contributed by atoms with Crippen molar-refractivity contribution in [3.05, 3.63) is 10.4 Å². The number of carbonyl (C=O) groups excluding carboxylic acids is 1. The van der Waals surface area contributed by atoms with Gasteiger partial charge < -0.3 is 14.2 Å². The van der Waals surface area contributed by atoms with Crippen LogP contribution in [0.25, 0.3) is 10.4 Å². The third-order valence-electron chi connectivity index (χ3n) is 1.68. The van der Waals surface area contributed by atoms with E-state index in [0.717, 1.165) is 0 Å². The van der Waals surface area contributed by atoms with Gasteiger partial charge in [-0.05, 0) is 5.53 Å². The molecule has 0 unspecified atom stereocenters. The van der Waals surface area contributed by atoms with E-state index < -0.39 is 0 Å². The molecule has 104 valence electrons. The predicted molar refractivity (Wildman–Crippen MR) is 69.6 cm³/mol. The predicted octanol–water partition coefficient (Wildman–Crippen LogP) is 1.63. The summed E-state index contributed by atoms with van der Waals surface area (Å²) < 4.78 is 15.6. The Labute approximate surface area is 111 Å². The Morgan fingerprint density at radius 3 is 2.22 bits per heavy atom. The Hall–Kier alpha value is -0.790. The van der Waals surface area contributed by atoms with Crippen LogP contribution in [0.15, 0.2) is 5.11 Å². The van der Waals surface area contributed by atoms with Crippen molar-refractivity contribution in [2.75, 3.05) is 51.9 Å². The number of azide groups is 1. The van der Waals surface area contributed by atoms with Crippen molar-refractivity contribution in [1.82, 2.24) is 0 Å². The first-order valence-corrected chi connectivity index (χ1v) is 6.63. The molecule has 0 aliphatic carbocycles. The van der Waals surface area contributed by atoms with Crippen molar-refractivity contribution in [2.45, 2.75) is 6.92 Å². The van der Waals surface area contributed by atoms with E-state index in [1.165, 1.54) is 18.7 Å². The van der Waals surface area contributed by atoms with Crippen molar-refractivity contribution >= 4 is 16.9 Å². The Morgan fingerprint density at radius 1 is 1.11 bits per heavy atom. The van der Waals surface area contributed by atoms with Crippen LogP contribution in [0.4, 0.5) is 0 Å². The van der Waals surface area contributed by atoms with Crippen LogP contribution in [-0.4, -0.2) is 57.1 Å². The third kappa shape index (κ3) is 15.2. The van der Waals surface area contributed by atoms with E-state index in [-0.39, 0.29) is 5.12 Å². The highest BCUT2D eigenvalue weighted by Crippen LogP contribution is 1.99. The van der Waals surface area contributed by atoms with Crippen molar-refractivity contribution in [3.63, 3.8) is 0 Å². The maximum atomic E-state index is 10.6. The number of rotatable bonds is 12. The summed E-state index contributed by atoms with van der Waals surface area (Å²) in [7, 11) is 0. The highest BCUT2D eigenvalue weighted by Gasteiger charge is 1.94. The average molecular weight is 277 g/mol. The fourth-order valence-corrected chi connectivity index (χ4v) is 1.42. The van der Waals surface area contributed by atoms with Gasteiger partial charge in [-0.3, -0.25) is 4.79 Å². The molecule has 8 heteroatoms. The van der Waals surface area contributed by atoms with Crippen molar-refractivity contribution in [2.24, 2.45) is 5.11 Å². The molecule has 7 nitrogen and oxygen atoms in total. The Bertz CT molecular complexity index is 248. The summed E-state index contributed by atoms with van der Waals surface area (Å²) in [5.74, 6) is 0.678. The van der Waals surface area contributed by atoms with Gasteiger partial charge in [0.05, 0.1) is 39.6 Å². The molecule has 0 aromatic heterocycles. The van der Waals surface area contributed by atoms with Crippen LogP contribution >= 0.6 is 11.8 Å². The molecule has 0 radical (unpaired) electrons. The summed E-state index contributed by atoms with van der Waals surface area (Å²) in [5, 5.41) is 3.43. The maximum Gasteiger partial charge on any atom is 0.185 e. The topological polar surface area (TPSA) is 93.5 Å². The molecule has 0 saturated carbocycles. The van der Waals surface area contributed by atoms with Crippen LogP contribution in [0.1, 0.15) is 6.92 Å². The molecule has 0 aliphatic rings. The first-order valence-electron chi connectivity index (χ1n) is 5.65. The smallest absolute Gasteiger partial charge is 0.185 e. The number of nitrogens with zero attached hydrogens (tertiary/aromatic N) is 3. The van der Waals surface area contributed by atoms with Gasteiger partial charge in [0.1, 0.15) is 0 Å². The highest BCUT2D eigenvalue weighted by atomic mass is 32.2. The Balaban J connectivity index is 2.98. The monoisotopic (exact) mass is 277 g/mol. The molecule has 0 aliphatic heterocycles. The molecule has 0 atom stereocenters. The van der Waals surface area contributed by atoms with Crippen LogP contribution < -0.4 is 0 Å². The fraction of sp³-hybridized carbons (Fsp3) is 0.900. The molecule has 0 amide bonds. The van der Waals surface area contributed by atoms with E-state index in [4.69, 9.17) is 19.7 Å². The minimum absolute atomic E-state index is 0.104. The van der Waals surface area contributed by atoms with E-state index >= 15 is 0 Å². The first-order chi connectivity index (χ1) is 8.77. The van der Waals surface area contributed by atoms with Gasteiger partial charge in [0, 0.05) is 24.1 Å². The van der Waals surface area contributed by atoms with E-state index in [0.29, 0.717) is 51.9 Å². The molecule has 0 aromatic carbocycles. The summed E-state index contributed by atoms with van der Waals surface area (Å²) in [6.07, 6.45) is 0. The summed E-state index contributed by atoms with van der Waals surface area (Å²) in [5.41, 5.74) is 8.00. The van der Waals surface area contributed by atoms with Crippen LogP contribution in [0.3, 0.4) is 0 Å². The number of thioether (sulfide) groups is 1. The van der Waals surface area contributed by atoms with Crippen LogP contribution in [0.2, 0.25) is 0 Å². The molecule has 0 rings (SSSR count). The molecule has 0 saturated heterocycles. The number of ether oxygens (including phenoxy) is 3. The van der Waals surface area contributed by atoms with Crippen LogP contribution in [0, 0.1) is 0 Å². The van der Waals surface area contributed by atoms with Crippen molar-refractivity contribution in [1.29, 1.82) is 0 Å². The van der Waals surface area contributed by atoms with E-state index in [1.54, 1.807) is 0 Å². The summed E-state index contributed by atoms with van der Waals surface area (Å²) in [6.45, 7) is 4.82. The minimum atomic E-state index is 0.104. The number of carbonyl (C=O) groups is 1. The molecule has 0 bridgehead atoms. The molecule has 0 spiro atoms. The lowest BCUT2D eigenvalue weighted by atomic mass is 10.7. The van der Waals surface area contributed by atoms with E-state index in [2.05, 4.69) is 10.0 Å². The Morgan fingerprint density at radius 2 is 1.67 bits per heavy atom. The summed E-state index contributed by atoms with van der Waals surface area (Å²) in [4.78, 5) is 13.2. The van der Waals surface area contributed by atoms with Crippen LogP contribution in [0.5, 0.6) is 0 Å². The zero-order valence-corrected chi connectivity index (χ0v) is 11.4. The van der Waals surface area contributed by atoms with Gasteiger partial charge in [-0.1, -0.05) is 16.9 Å². The number of hydrogen-bond donors (Lipinski definition) is 0. The fourth-order valence-electron chi connectivity index (χ4n) is 0.936. The SMILES string of the molecule is CC(=O)SCCOCCOCCOCCN=[N+]=[N-]. The minimum Gasteiger partial charge on any atom is -0.379 e. The molecule has 0 fully saturated rings. The van der Waals surface area contributed by atoms with Gasteiger partial charge in [-0.15, -0.1) is 0 Å². The lowest BCUT2D eigenvalue weighted by molar-refractivity contribution is -0.109. The van der Waals surface area contributed by atoms with Crippen LogP contribution in [-0.2, 0) is 19.0 Å². The van der Waals surface area contributed by atoms with Crippen molar-refractivity contribution < 1.29 is 19.0 Å². The first kappa shape index (κ1) is 17.2. The van der Waals surface area contributed by atoms with Gasteiger partial charge in [0.2, 0.25) is 0 Å². The third-order valence-corrected chi connectivity index (χ3v) is 2.45. The molecular formula is C10H19N3O4S. The molecule has 0 N–H and O–H groups in total. The van der Waals surface area contributed by atoms with Gasteiger partial charge in [0.15, 0.2) is 5.12 Å². The quantitative estimate of drug-likeness (QED) is 0.234. The summed E-state index contributed by atoms with van der Waals surface area (Å²) >= 11 is 1.25. The average Bonchev–Trinajstić information content (AvgIpc) is 2.34. The van der Waals surface area contributed by atoms with Gasteiger partial charge in [0.25, 0.3) is 0 Å². The molecule has 0 aromatic rings. The zero-order chi connectivity index (χ0) is 13.5. The maximum absolute atomic E-state index is 10.6. The standard InChI is InChI=1S/C10H19N3O4S/c1-10(14)18-9-8-17-7-6-16-5-4-15-3-2-12-13-11/h2-9H2,1H3. The lowest BCUT2D eigenvalue weighted by Gasteiger charge is -2.05. The van der Waals surface area contributed by atoms with Crippen molar-refractivity contribution in [3.8, 4) is 0 Å². The second kappa shape index (κ2) is 14.3. The largest absolute Gasteiger partial charge is 0.379 e. The van der Waals surface area contributed by atoms with Gasteiger partial charge >= 0.3 is 0 Å². The normalized spacial score (nSPS) is 10.1. The number of hydrogen-bond acceptors (Lipinski definition) is 6. The zero-order valence-electron chi connectivity index (χ0n) is 10.5.